The van der Waals surface area contributed by atoms with E-state index >= 15 is 0 Å². The van der Waals surface area contributed by atoms with Gasteiger partial charge in [0.25, 0.3) is 0 Å². The van der Waals surface area contributed by atoms with Gasteiger partial charge in [-0.25, -0.2) is 4.98 Å². The number of pyridine rings is 1. The van der Waals surface area contributed by atoms with E-state index in [1.807, 2.05) is 0 Å². The molecule has 1 aromatic rings. The van der Waals surface area contributed by atoms with Crippen LogP contribution in [0.15, 0.2) is 37.1 Å². The highest BCUT2D eigenvalue weighted by atomic mass is 16.5. The quantitative estimate of drug-likeness (QED) is 0.560. The molecule has 0 aliphatic carbocycles. The number of carbonyl (C=O) groups is 1. The highest BCUT2D eigenvalue weighted by Crippen LogP contribution is 2.15. The number of hydrogen-bond acceptors (Lipinski definition) is 4. The van der Waals surface area contributed by atoms with Crippen molar-refractivity contribution in [3.63, 3.8) is 0 Å². The lowest BCUT2D eigenvalue weighted by Gasteiger charge is -2.05. The molecule has 0 spiro atoms. The van der Waals surface area contributed by atoms with Crippen molar-refractivity contribution >= 4 is 11.5 Å². The van der Waals surface area contributed by atoms with Crippen molar-refractivity contribution in [2.24, 2.45) is 0 Å². The van der Waals surface area contributed by atoms with Crippen LogP contribution in [0.25, 0.3) is 5.76 Å². The van der Waals surface area contributed by atoms with E-state index in [2.05, 4.69) is 11.6 Å². The lowest BCUT2D eigenvalue weighted by atomic mass is 10.2. The van der Waals surface area contributed by atoms with Crippen molar-refractivity contribution in [1.82, 2.24) is 4.98 Å². The van der Waals surface area contributed by atoms with Crippen molar-refractivity contribution in [3.05, 3.63) is 42.8 Å². The number of aromatic nitrogens is 1. The molecule has 16 heavy (non-hydrogen) atoms. The molecular weight excluding hydrogens is 206 g/mol. The molecule has 0 saturated carbocycles. The van der Waals surface area contributed by atoms with Gasteiger partial charge in [-0.2, -0.15) is 0 Å². The molecule has 0 amide bonds. The monoisotopic (exact) mass is 219 g/mol. The Labute approximate surface area is 94.2 Å². The molecule has 0 fully saturated rings. The number of nitrogens with zero attached hydrogens (tertiary/aromatic N) is 1. The molecular formula is C12H13NO3. The predicted molar refractivity (Wildman–Crippen MR) is 61.0 cm³/mol. The first kappa shape index (κ1) is 12.0. The summed E-state index contributed by atoms with van der Waals surface area (Å²) in [5.74, 6) is 0.816. The van der Waals surface area contributed by atoms with E-state index in [4.69, 9.17) is 9.47 Å². The van der Waals surface area contributed by atoms with Gasteiger partial charge in [0, 0.05) is 6.08 Å². The van der Waals surface area contributed by atoms with E-state index in [0.29, 0.717) is 17.2 Å². The number of allylic oxidation sites excluding steroid dienone is 2. The Hall–Kier alpha value is -2.10. The van der Waals surface area contributed by atoms with Crippen molar-refractivity contribution in [3.8, 4) is 5.75 Å². The van der Waals surface area contributed by atoms with Crippen molar-refractivity contribution in [2.75, 3.05) is 14.2 Å². The fraction of sp³-hybridized carbons (Fsp3) is 0.167. The van der Waals surface area contributed by atoms with Gasteiger partial charge in [0.2, 0.25) is 0 Å². The number of methoxy groups -OCH3 is 2. The predicted octanol–water partition coefficient (Wildman–Crippen LogP) is 1.83. The van der Waals surface area contributed by atoms with Crippen LogP contribution in [-0.4, -0.2) is 25.0 Å². The summed E-state index contributed by atoms with van der Waals surface area (Å²) in [4.78, 5) is 15.3. The van der Waals surface area contributed by atoms with Gasteiger partial charge in [-0.05, 0) is 18.2 Å². The Balaban J connectivity index is 2.99. The van der Waals surface area contributed by atoms with Crippen LogP contribution in [-0.2, 0) is 9.53 Å². The second-order valence-corrected chi connectivity index (χ2v) is 2.90. The lowest BCUT2D eigenvalue weighted by Crippen LogP contribution is -1.96. The maximum absolute atomic E-state index is 11.2. The maximum atomic E-state index is 11.2. The number of ketones is 1. The highest BCUT2D eigenvalue weighted by Gasteiger charge is 2.05. The van der Waals surface area contributed by atoms with Gasteiger partial charge < -0.3 is 9.47 Å². The van der Waals surface area contributed by atoms with Crippen LogP contribution in [0.3, 0.4) is 0 Å². The van der Waals surface area contributed by atoms with E-state index in [-0.39, 0.29) is 5.78 Å². The van der Waals surface area contributed by atoms with Crippen LogP contribution in [0.5, 0.6) is 5.75 Å². The zero-order valence-electron chi connectivity index (χ0n) is 9.27. The number of carbonyl (C=O) groups excluding carboxylic acids is 1. The molecule has 0 bridgehead atoms. The van der Waals surface area contributed by atoms with Crippen LogP contribution in [0.1, 0.15) is 5.69 Å². The Morgan fingerprint density at radius 1 is 1.44 bits per heavy atom. The molecule has 0 unspecified atom stereocenters. The molecule has 0 aromatic carbocycles. The molecule has 1 rings (SSSR count). The molecule has 0 N–H and O–H groups in total. The van der Waals surface area contributed by atoms with Crippen LogP contribution in [0.4, 0.5) is 0 Å². The Kier molecular flexibility index (Phi) is 4.27. The Morgan fingerprint density at radius 2 is 2.19 bits per heavy atom. The molecule has 0 radical (unpaired) electrons. The first-order valence-electron chi connectivity index (χ1n) is 4.63. The van der Waals surface area contributed by atoms with Crippen LogP contribution >= 0.6 is 0 Å². The SMILES string of the molecule is C=CC(=O)/C=C(\OC)c1ccc(OC)cn1. The van der Waals surface area contributed by atoms with E-state index in [1.165, 1.54) is 19.3 Å². The average Bonchev–Trinajstić information content (AvgIpc) is 2.35. The minimum absolute atomic E-state index is 0.227. The fourth-order valence-corrected chi connectivity index (χ4v) is 1.07. The second kappa shape index (κ2) is 5.70. The third kappa shape index (κ3) is 2.95. The Bertz CT molecular complexity index is 407. The molecule has 1 heterocycles. The molecule has 1 aromatic heterocycles. The topological polar surface area (TPSA) is 48.4 Å². The summed E-state index contributed by atoms with van der Waals surface area (Å²) in [6.07, 6.45) is 4.10. The summed E-state index contributed by atoms with van der Waals surface area (Å²) in [6, 6.07) is 3.46. The van der Waals surface area contributed by atoms with Gasteiger partial charge >= 0.3 is 0 Å². The summed E-state index contributed by atoms with van der Waals surface area (Å²) < 4.78 is 10.1. The molecule has 0 atom stereocenters. The summed E-state index contributed by atoms with van der Waals surface area (Å²) >= 11 is 0. The highest BCUT2D eigenvalue weighted by molar-refractivity contribution is 6.02. The molecule has 0 aliphatic heterocycles. The van der Waals surface area contributed by atoms with Crippen LogP contribution in [0.2, 0.25) is 0 Å². The van der Waals surface area contributed by atoms with Crippen molar-refractivity contribution in [1.29, 1.82) is 0 Å². The van der Waals surface area contributed by atoms with Crippen molar-refractivity contribution < 1.29 is 14.3 Å². The summed E-state index contributed by atoms with van der Waals surface area (Å²) in [5, 5.41) is 0. The molecule has 0 aliphatic rings. The normalized spacial score (nSPS) is 10.8. The van der Waals surface area contributed by atoms with E-state index in [9.17, 15) is 4.79 Å². The van der Waals surface area contributed by atoms with Gasteiger partial charge in [-0.3, -0.25) is 4.79 Å². The maximum Gasteiger partial charge on any atom is 0.181 e. The number of ether oxygens (including phenoxy) is 2. The van der Waals surface area contributed by atoms with Gasteiger partial charge in [0.05, 0.1) is 20.4 Å². The molecule has 84 valence electrons. The fourth-order valence-electron chi connectivity index (χ4n) is 1.07. The average molecular weight is 219 g/mol. The lowest BCUT2D eigenvalue weighted by molar-refractivity contribution is -0.110. The minimum Gasteiger partial charge on any atom is -0.495 e. The zero-order chi connectivity index (χ0) is 12.0. The van der Waals surface area contributed by atoms with Gasteiger partial charge in [-0.1, -0.05) is 6.58 Å². The Morgan fingerprint density at radius 3 is 2.62 bits per heavy atom. The van der Waals surface area contributed by atoms with Crippen LogP contribution < -0.4 is 4.74 Å². The summed E-state index contributed by atoms with van der Waals surface area (Å²) in [5.41, 5.74) is 0.568. The molecule has 0 saturated heterocycles. The summed E-state index contributed by atoms with van der Waals surface area (Å²) in [6.45, 7) is 3.38. The second-order valence-electron chi connectivity index (χ2n) is 2.90. The van der Waals surface area contributed by atoms with Crippen molar-refractivity contribution in [2.45, 2.75) is 0 Å². The third-order valence-electron chi connectivity index (χ3n) is 1.92. The van der Waals surface area contributed by atoms with E-state index in [0.717, 1.165) is 0 Å². The third-order valence-corrected chi connectivity index (χ3v) is 1.92. The van der Waals surface area contributed by atoms with Gasteiger partial charge in [0.1, 0.15) is 17.2 Å². The van der Waals surface area contributed by atoms with Gasteiger partial charge in [0.15, 0.2) is 5.78 Å². The smallest absolute Gasteiger partial charge is 0.181 e. The van der Waals surface area contributed by atoms with Gasteiger partial charge in [-0.15, -0.1) is 0 Å². The zero-order valence-corrected chi connectivity index (χ0v) is 9.27. The minimum atomic E-state index is -0.227. The van der Waals surface area contributed by atoms with E-state index in [1.54, 1.807) is 25.4 Å². The standard InChI is InChI=1S/C12H13NO3/c1-4-9(14)7-12(16-3)11-6-5-10(15-2)8-13-11/h4-8H,1H2,2-3H3/b12-7-. The molecule has 4 nitrogen and oxygen atoms in total. The van der Waals surface area contributed by atoms with Crippen LogP contribution in [0, 0.1) is 0 Å². The summed E-state index contributed by atoms with van der Waals surface area (Å²) in [7, 11) is 3.04. The first-order valence-corrected chi connectivity index (χ1v) is 4.63. The largest absolute Gasteiger partial charge is 0.495 e. The molecule has 4 heteroatoms. The van der Waals surface area contributed by atoms with E-state index < -0.39 is 0 Å². The first-order chi connectivity index (χ1) is 7.71. The number of hydrogen-bond donors (Lipinski definition) is 0. The number of rotatable bonds is 5.